The monoisotopic (exact) mass is 339 g/mol. The van der Waals surface area contributed by atoms with Gasteiger partial charge < -0.3 is 20.2 Å². The molecule has 7 heteroatoms. The molecule has 2 saturated heterocycles. The number of hydrogen-bond acceptors (Lipinski definition) is 3. The lowest BCUT2D eigenvalue weighted by Gasteiger charge is -2.38. The Morgan fingerprint density at radius 3 is 2.95 bits per heavy atom. The number of nitrogens with zero attached hydrogens (tertiary/aromatic N) is 2. The Labute approximate surface area is 124 Å². The van der Waals surface area contributed by atoms with Crippen LogP contribution in [0.2, 0.25) is 0 Å². The van der Waals surface area contributed by atoms with Crippen LogP contribution in [0, 0.1) is 0 Å². The Bertz CT molecular complexity index is 578. The van der Waals surface area contributed by atoms with Crippen molar-refractivity contribution in [3.05, 3.63) is 28.2 Å². The van der Waals surface area contributed by atoms with Gasteiger partial charge in [0.15, 0.2) is 0 Å². The summed E-state index contributed by atoms with van der Waals surface area (Å²) in [4.78, 5) is 26.8. The van der Waals surface area contributed by atoms with Crippen LogP contribution in [-0.2, 0) is 0 Å². The highest BCUT2D eigenvalue weighted by molar-refractivity contribution is 9.10. The summed E-state index contributed by atoms with van der Waals surface area (Å²) in [6.07, 6.45) is 0. The fourth-order valence-electron chi connectivity index (χ4n) is 2.78. The number of rotatable bonds is 2. The van der Waals surface area contributed by atoms with Gasteiger partial charge in [0.2, 0.25) is 0 Å². The van der Waals surface area contributed by atoms with E-state index in [9.17, 15) is 14.7 Å². The number of carboxylic acids is 1. The average molecular weight is 340 g/mol. The second kappa shape index (κ2) is 4.97. The second-order valence-electron chi connectivity index (χ2n) is 4.95. The predicted molar refractivity (Wildman–Crippen MR) is 77.2 cm³/mol. The molecule has 2 N–H and O–H groups in total. The van der Waals surface area contributed by atoms with Crippen LogP contribution in [0.4, 0.5) is 10.5 Å². The van der Waals surface area contributed by atoms with Gasteiger partial charge in [-0.1, -0.05) is 15.9 Å². The molecule has 0 saturated carbocycles. The topological polar surface area (TPSA) is 72.9 Å². The third kappa shape index (κ3) is 2.22. The molecule has 1 atom stereocenters. The highest BCUT2D eigenvalue weighted by Crippen LogP contribution is 2.27. The van der Waals surface area contributed by atoms with Crippen molar-refractivity contribution >= 4 is 33.6 Å². The van der Waals surface area contributed by atoms with Gasteiger partial charge in [-0.3, -0.25) is 0 Å². The summed E-state index contributed by atoms with van der Waals surface area (Å²) in [5.41, 5.74) is 0.991. The Balaban J connectivity index is 1.87. The van der Waals surface area contributed by atoms with E-state index >= 15 is 0 Å². The molecule has 6 nitrogen and oxygen atoms in total. The maximum Gasteiger partial charge on any atom is 0.337 e. The molecule has 2 aliphatic rings. The fraction of sp³-hybridized carbons (Fsp3) is 0.385. The summed E-state index contributed by atoms with van der Waals surface area (Å²) in [7, 11) is 0. The quantitative estimate of drug-likeness (QED) is 0.853. The zero-order valence-electron chi connectivity index (χ0n) is 10.7. The first kappa shape index (κ1) is 13.2. The minimum atomic E-state index is -0.940. The van der Waals surface area contributed by atoms with Crippen molar-refractivity contribution in [2.45, 2.75) is 6.04 Å². The van der Waals surface area contributed by atoms with Crippen LogP contribution in [0.15, 0.2) is 22.7 Å². The van der Waals surface area contributed by atoms with Crippen LogP contribution in [0.1, 0.15) is 10.4 Å². The van der Waals surface area contributed by atoms with Crippen molar-refractivity contribution in [2.75, 3.05) is 31.1 Å². The van der Waals surface area contributed by atoms with Crippen molar-refractivity contribution in [3.63, 3.8) is 0 Å². The van der Waals surface area contributed by atoms with Gasteiger partial charge in [-0.15, -0.1) is 0 Å². The highest BCUT2D eigenvalue weighted by atomic mass is 79.9. The van der Waals surface area contributed by atoms with Crippen molar-refractivity contribution in [1.29, 1.82) is 0 Å². The van der Waals surface area contributed by atoms with Crippen LogP contribution < -0.4 is 10.2 Å². The average Bonchev–Trinajstić information content (AvgIpc) is 2.80. The molecule has 20 heavy (non-hydrogen) atoms. The van der Waals surface area contributed by atoms with Crippen LogP contribution in [0.3, 0.4) is 0 Å². The van der Waals surface area contributed by atoms with Crippen molar-refractivity contribution in [3.8, 4) is 0 Å². The Kier molecular flexibility index (Phi) is 3.29. The van der Waals surface area contributed by atoms with E-state index in [0.29, 0.717) is 31.9 Å². The van der Waals surface area contributed by atoms with E-state index in [1.807, 2.05) is 21.9 Å². The minimum absolute atomic E-state index is 0.0242. The first-order valence-electron chi connectivity index (χ1n) is 6.38. The van der Waals surface area contributed by atoms with Gasteiger partial charge in [0.1, 0.15) is 0 Å². The van der Waals surface area contributed by atoms with E-state index in [1.54, 1.807) is 6.07 Å². The van der Waals surface area contributed by atoms with Crippen LogP contribution in [-0.4, -0.2) is 54.2 Å². The number of benzene rings is 1. The smallest absolute Gasteiger partial charge is 0.337 e. The van der Waals surface area contributed by atoms with E-state index in [2.05, 4.69) is 21.2 Å². The maximum atomic E-state index is 11.6. The highest BCUT2D eigenvalue weighted by Gasteiger charge is 2.36. The van der Waals surface area contributed by atoms with Gasteiger partial charge in [-0.05, 0) is 18.2 Å². The van der Waals surface area contributed by atoms with E-state index in [1.165, 1.54) is 0 Å². The molecule has 0 aliphatic carbocycles. The predicted octanol–water partition coefficient (Wildman–Crippen LogP) is 1.36. The first-order chi connectivity index (χ1) is 9.56. The molecule has 1 unspecified atom stereocenters. The molecule has 0 aromatic heterocycles. The van der Waals surface area contributed by atoms with Gasteiger partial charge in [0.05, 0.1) is 17.3 Å². The van der Waals surface area contributed by atoms with Gasteiger partial charge in [0.25, 0.3) is 0 Å². The number of carbonyl (C=O) groups excluding carboxylic acids is 1. The number of anilines is 1. The maximum absolute atomic E-state index is 11.6. The summed E-state index contributed by atoms with van der Waals surface area (Å²) >= 11 is 3.30. The van der Waals surface area contributed by atoms with Crippen LogP contribution >= 0.6 is 15.9 Å². The summed E-state index contributed by atoms with van der Waals surface area (Å²) in [6, 6.07) is 5.35. The van der Waals surface area contributed by atoms with Crippen molar-refractivity contribution < 1.29 is 14.7 Å². The molecule has 1 aromatic rings. The number of fused-ring (bicyclic) bond motifs is 1. The number of hydrogen-bond donors (Lipinski definition) is 2. The van der Waals surface area contributed by atoms with E-state index in [0.717, 1.165) is 4.47 Å². The molecule has 2 amide bonds. The van der Waals surface area contributed by atoms with Crippen molar-refractivity contribution in [2.24, 2.45) is 0 Å². The molecule has 106 valence electrons. The normalized spacial score (nSPS) is 21.6. The molecule has 2 heterocycles. The van der Waals surface area contributed by atoms with Gasteiger partial charge in [-0.2, -0.15) is 0 Å². The summed E-state index contributed by atoms with van der Waals surface area (Å²) in [5.74, 6) is -0.940. The number of carbonyl (C=O) groups is 2. The zero-order valence-corrected chi connectivity index (χ0v) is 12.3. The van der Waals surface area contributed by atoms with E-state index < -0.39 is 5.97 Å². The molecule has 0 bridgehead atoms. The summed E-state index contributed by atoms with van der Waals surface area (Å²) in [6.45, 7) is 2.53. The van der Waals surface area contributed by atoms with Crippen LogP contribution in [0.5, 0.6) is 0 Å². The molecular formula is C13H14BrN3O3. The number of nitrogens with one attached hydrogen (secondary N) is 1. The van der Waals surface area contributed by atoms with E-state index in [4.69, 9.17) is 0 Å². The molecule has 3 rings (SSSR count). The van der Waals surface area contributed by atoms with Crippen LogP contribution in [0.25, 0.3) is 0 Å². The lowest BCUT2D eigenvalue weighted by atomic mass is 10.1. The molecule has 2 fully saturated rings. The number of amides is 2. The molecule has 0 radical (unpaired) electrons. The number of urea groups is 1. The third-order valence-corrected chi connectivity index (χ3v) is 4.26. The molecule has 0 spiro atoms. The zero-order chi connectivity index (χ0) is 14.3. The lowest BCUT2D eigenvalue weighted by molar-refractivity contribution is 0.0697. The largest absolute Gasteiger partial charge is 0.478 e. The summed E-state index contributed by atoms with van der Waals surface area (Å²) in [5, 5.41) is 12.1. The number of piperazine rings is 1. The lowest BCUT2D eigenvalue weighted by Crippen LogP contribution is -2.52. The van der Waals surface area contributed by atoms with Gasteiger partial charge >= 0.3 is 12.0 Å². The third-order valence-electron chi connectivity index (χ3n) is 3.76. The van der Waals surface area contributed by atoms with E-state index in [-0.39, 0.29) is 17.6 Å². The SMILES string of the molecule is O=C(O)c1cc(Br)ccc1N1CCN2C(=O)NCC2C1. The Morgan fingerprint density at radius 1 is 1.40 bits per heavy atom. The minimum Gasteiger partial charge on any atom is -0.478 e. The molecular weight excluding hydrogens is 326 g/mol. The first-order valence-corrected chi connectivity index (χ1v) is 7.18. The van der Waals surface area contributed by atoms with Gasteiger partial charge in [0, 0.05) is 30.7 Å². The number of carboxylic acid groups (broad SMARTS) is 1. The number of halogens is 1. The number of aromatic carboxylic acids is 1. The standard InChI is InChI=1S/C13H14BrN3O3/c14-8-1-2-11(10(5-8)12(18)19)16-3-4-17-9(7-16)6-15-13(17)20/h1-2,5,9H,3-4,6-7H2,(H,15,20)(H,18,19). The van der Waals surface area contributed by atoms with Crippen molar-refractivity contribution in [1.82, 2.24) is 10.2 Å². The van der Waals surface area contributed by atoms with Gasteiger partial charge in [-0.25, -0.2) is 9.59 Å². The molecule has 2 aliphatic heterocycles. The Morgan fingerprint density at radius 2 is 2.20 bits per heavy atom. The second-order valence-corrected chi connectivity index (χ2v) is 5.86. The molecule has 1 aromatic carbocycles. The summed E-state index contributed by atoms with van der Waals surface area (Å²) < 4.78 is 0.745. The fourth-order valence-corrected chi connectivity index (χ4v) is 3.14. The Hall–Kier alpha value is -1.76.